The van der Waals surface area contributed by atoms with Crippen LogP contribution in [0.5, 0.6) is 0 Å². The molecule has 2 unspecified atom stereocenters. The van der Waals surface area contributed by atoms with Crippen LogP contribution in [0.25, 0.3) is 0 Å². The molecule has 0 heterocycles. The van der Waals surface area contributed by atoms with E-state index in [9.17, 15) is 4.39 Å². The molecule has 17 heavy (non-hydrogen) atoms. The monoisotopic (exact) mass is 233 g/mol. The first-order valence-corrected chi connectivity index (χ1v) is 5.91. The third-order valence-corrected chi connectivity index (χ3v) is 3.20. The Morgan fingerprint density at radius 3 is 2.94 bits per heavy atom. The van der Waals surface area contributed by atoms with Crippen LogP contribution in [0.2, 0.25) is 0 Å². The van der Waals surface area contributed by atoms with E-state index >= 15 is 0 Å². The molecule has 0 spiro atoms. The van der Waals surface area contributed by atoms with Crippen molar-refractivity contribution in [2.75, 3.05) is 5.32 Å². The molecule has 3 N–H and O–H groups in total. The van der Waals surface area contributed by atoms with Gasteiger partial charge in [0, 0.05) is 12.1 Å². The molecule has 1 saturated carbocycles. The molecule has 1 aromatic carbocycles. The minimum absolute atomic E-state index is 0.0895. The maximum Gasteiger partial charge on any atom is 0.143 e. The highest BCUT2D eigenvalue weighted by Gasteiger charge is 2.20. The quantitative estimate of drug-likeness (QED) is 0.824. The molecule has 0 aliphatic heterocycles. The Morgan fingerprint density at radius 1 is 1.41 bits per heavy atom. The first-order valence-electron chi connectivity index (χ1n) is 5.91. The van der Waals surface area contributed by atoms with Crippen molar-refractivity contribution in [1.29, 1.82) is 5.26 Å². The summed E-state index contributed by atoms with van der Waals surface area (Å²) in [4.78, 5) is 0. The predicted octanol–water partition coefficient (Wildman–Crippen LogP) is 2.38. The number of nitrogens with two attached hydrogens (primary N) is 1. The van der Waals surface area contributed by atoms with Crippen molar-refractivity contribution in [2.45, 2.75) is 37.8 Å². The minimum Gasteiger partial charge on any atom is -0.381 e. The van der Waals surface area contributed by atoms with Crippen molar-refractivity contribution in [3.8, 4) is 6.07 Å². The van der Waals surface area contributed by atoms with Gasteiger partial charge in [-0.3, -0.25) is 0 Å². The number of halogens is 1. The van der Waals surface area contributed by atoms with Gasteiger partial charge in [-0.1, -0.05) is 6.07 Å². The van der Waals surface area contributed by atoms with Crippen LogP contribution in [0.1, 0.15) is 31.2 Å². The van der Waals surface area contributed by atoms with E-state index in [2.05, 4.69) is 5.32 Å². The Hall–Kier alpha value is -1.60. The predicted molar refractivity (Wildman–Crippen MR) is 65.0 cm³/mol. The van der Waals surface area contributed by atoms with E-state index in [4.69, 9.17) is 11.0 Å². The SMILES string of the molecule is N#Cc1c(F)cccc1NC1CCCC(N)C1. The van der Waals surface area contributed by atoms with Gasteiger partial charge in [-0.25, -0.2) is 4.39 Å². The molecule has 90 valence electrons. The number of benzene rings is 1. The zero-order valence-corrected chi connectivity index (χ0v) is 9.62. The van der Waals surface area contributed by atoms with Crippen LogP contribution in [0.4, 0.5) is 10.1 Å². The van der Waals surface area contributed by atoms with Crippen molar-refractivity contribution in [2.24, 2.45) is 5.73 Å². The van der Waals surface area contributed by atoms with Crippen LogP contribution in [-0.4, -0.2) is 12.1 Å². The summed E-state index contributed by atoms with van der Waals surface area (Å²) in [7, 11) is 0. The van der Waals surface area contributed by atoms with Crippen LogP contribution in [0, 0.1) is 17.1 Å². The third-order valence-electron chi connectivity index (χ3n) is 3.20. The molecule has 2 atom stereocenters. The van der Waals surface area contributed by atoms with E-state index < -0.39 is 5.82 Å². The van der Waals surface area contributed by atoms with Gasteiger partial charge in [-0.05, 0) is 37.8 Å². The second-order valence-electron chi connectivity index (χ2n) is 4.54. The summed E-state index contributed by atoms with van der Waals surface area (Å²) in [5.41, 5.74) is 6.57. The Balaban J connectivity index is 2.13. The average molecular weight is 233 g/mol. The fraction of sp³-hybridized carbons (Fsp3) is 0.462. The van der Waals surface area contributed by atoms with Crippen molar-refractivity contribution < 1.29 is 4.39 Å². The second-order valence-corrected chi connectivity index (χ2v) is 4.54. The first kappa shape index (κ1) is 11.9. The van der Waals surface area contributed by atoms with Crippen molar-refractivity contribution >= 4 is 5.69 Å². The lowest BCUT2D eigenvalue weighted by Crippen LogP contribution is -2.35. The molecule has 0 bridgehead atoms. The average Bonchev–Trinajstić information content (AvgIpc) is 2.29. The summed E-state index contributed by atoms with van der Waals surface area (Å²) >= 11 is 0. The van der Waals surface area contributed by atoms with Gasteiger partial charge in [0.1, 0.15) is 17.4 Å². The highest BCUT2D eigenvalue weighted by atomic mass is 19.1. The lowest BCUT2D eigenvalue weighted by atomic mass is 9.91. The largest absolute Gasteiger partial charge is 0.381 e. The van der Waals surface area contributed by atoms with Crippen molar-refractivity contribution in [3.63, 3.8) is 0 Å². The highest BCUT2D eigenvalue weighted by molar-refractivity contribution is 5.58. The zero-order chi connectivity index (χ0) is 12.3. The van der Waals surface area contributed by atoms with Gasteiger partial charge in [0.25, 0.3) is 0 Å². The topological polar surface area (TPSA) is 61.8 Å². The molecule has 1 aliphatic carbocycles. The summed E-state index contributed by atoms with van der Waals surface area (Å²) in [6, 6.07) is 7.00. The first-order chi connectivity index (χ1) is 8.20. The van der Waals surface area contributed by atoms with Gasteiger partial charge < -0.3 is 11.1 Å². The molecule has 1 aromatic rings. The van der Waals surface area contributed by atoms with Crippen LogP contribution in [-0.2, 0) is 0 Å². The number of hydrogen-bond acceptors (Lipinski definition) is 3. The molecule has 0 saturated heterocycles. The Morgan fingerprint density at radius 2 is 2.24 bits per heavy atom. The van der Waals surface area contributed by atoms with Gasteiger partial charge in [-0.15, -0.1) is 0 Å². The van der Waals surface area contributed by atoms with Crippen molar-refractivity contribution in [3.05, 3.63) is 29.6 Å². The van der Waals surface area contributed by atoms with E-state index in [1.165, 1.54) is 6.07 Å². The summed E-state index contributed by atoms with van der Waals surface area (Å²) < 4.78 is 13.4. The number of hydrogen-bond donors (Lipinski definition) is 2. The van der Waals surface area contributed by atoms with E-state index in [-0.39, 0.29) is 17.6 Å². The summed E-state index contributed by atoms with van der Waals surface area (Å²) in [6.45, 7) is 0. The number of rotatable bonds is 2. The van der Waals surface area contributed by atoms with E-state index in [0.29, 0.717) is 5.69 Å². The van der Waals surface area contributed by atoms with Crippen molar-refractivity contribution in [1.82, 2.24) is 0 Å². The Kier molecular flexibility index (Phi) is 3.60. The van der Waals surface area contributed by atoms with Gasteiger partial charge >= 0.3 is 0 Å². The number of nitrogens with zero attached hydrogens (tertiary/aromatic N) is 1. The summed E-state index contributed by atoms with van der Waals surface area (Å²) in [5.74, 6) is -0.474. The van der Waals surface area contributed by atoms with Gasteiger partial charge in [0.05, 0.1) is 5.69 Å². The van der Waals surface area contributed by atoms with Gasteiger partial charge in [-0.2, -0.15) is 5.26 Å². The normalized spacial score (nSPS) is 24.1. The standard InChI is InChI=1S/C13H16FN3/c14-12-5-2-6-13(11(12)8-15)17-10-4-1-3-9(16)7-10/h2,5-6,9-10,17H,1,3-4,7,16H2. The second kappa shape index (κ2) is 5.15. The van der Waals surface area contributed by atoms with E-state index in [1.807, 2.05) is 6.07 Å². The zero-order valence-electron chi connectivity index (χ0n) is 9.62. The molecule has 1 aliphatic rings. The fourth-order valence-corrected chi connectivity index (χ4v) is 2.34. The van der Waals surface area contributed by atoms with Crippen LogP contribution in [0.15, 0.2) is 18.2 Å². The molecule has 1 fully saturated rings. The Labute approximate surface area is 100 Å². The van der Waals surface area contributed by atoms with E-state index in [0.717, 1.165) is 25.7 Å². The highest BCUT2D eigenvalue weighted by Crippen LogP contribution is 2.24. The van der Waals surface area contributed by atoms with Gasteiger partial charge in [0.2, 0.25) is 0 Å². The smallest absolute Gasteiger partial charge is 0.143 e. The molecule has 3 nitrogen and oxygen atoms in total. The molecular formula is C13H16FN3. The maximum atomic E-state index is 13.4. The molecule has 4 heteroatoms. The molecule has 2 rings (SSSR count). The van der Waals surface area contributed by atoms with Crippen LogP contribution >= 0.6 is 0 Å². The molecule has 0 amide bonds. The van der Waals surface area contributed by atoms with Crippen LogP contribution < -0.4 is 11.1 Å². The number of anilines is 1. The summed E-state index contributed by atoms with van der Waals surface area (Å²) in [6.07, 6.45) is 4.03. The molecule has 0 aromatic heterocycles. The fourth-order valence-electron chi connectivity index (χ4n) is 2.34. The third kappa shape index (κ3) is 2.75. The molecule has 0 radical (unpaired) electrons. The van der Waals surface area contributed by atoms with Gasteiger partial charge in [0.15, 0.2) is 0 Å². The molecular weight excluding hydrogens is 217 g/mol. The van der Waals surface area contributed by atoms with Crippen LogP contribution in [0.3, 0.4) is 0 Å². The number of nitriles is 1. The lowest BCUT2D eigenvalue weighted by molar-refractivity contribution is 0.409. The number of nitrogens with one attached hydrogen (secondary N) is 1. The lowest BCUT2D eigenvalue weighted by Gasteiger charge is -2.28. The maximum absolute atomic E-state index is 13.4. The van der Waals surface area contributed by atoms with E-state index in [1.54, 1.807) is 12.1 Å². The Bertz CT molecular complexity index is 439. The summed E-state index contributed by atoms with van der Waals surface area (Å²) in [5, 5.41) is 12.2. The minimum atomic E-state index is -0.474.